The monoisotopic (exact) mass is 352 g/mol. The number of aromatic nitrogens is 1. The molecular formula is C16H24N4O3S. The van der Waals surface area contributed by atoms with Gasteiger partial charge in [0.05, 0.1) is 10.8 Å². The molecule has 2 N–H and O–H groups in total. The zero-order valence-corrected chi connectivity index (χ0v) is 14.7. The van der Waals surface area contributed by atoms with Gasteiger partial charge in [0.15, 0.2) is 0 Å². The highest BCUT2D eigenvalue weighted by atomic mass is 32.2. The lowest BCUT2D eigenvalue weighted by Crippen LogP contribution is -2.43. The number of hydrogen-bond acceptors (Lipinski definition) is 5. The second-order valence-electron chi connectivity index (χ2n) is 6.35. The summed E-state index contributed by atoms with van der Waals surface area (Å²) in [4.78, 5) is 16.0. The van der Waals surface area contributed by atoms with Gasteiger partial charge in [-0.15, -0.1) is 0 Å². The lowest BCUT2D eigenvalue weighted by Gasteiger charge is -2.31. The number of piperidine rings is 1. The van der Waals surface area contributed by atoms with Crippen LogP contribution in [0, 0.1) is 0 Å². The van der Waals surface area contributed by atoms with Crippen molar-refractivity contribution in [3.63, 3.8) is 0 Å². The smallest absolute Gasteiger partial charge is 0.252 e. The molecule has 0 bridgehead atoms. The Balaban J connectivity index is 1.52. The van der Waals surface area contributed by atoms with E-state index in [4.69, 9.17) is 0 Å². The molecule has 1 amide bonds. The van der Waals surface area contributed by atoms with E-state index in [9.17, 15) is 13.2 Å². The van der Waals surface area contributed by atoms with Gasteiger partial charge in [-0.2, -0.15) is 0 Å². The fraction of sp³-hybridized carbons (Fsp3) is 0.625. The van der Waals surface area contributed by atoms with Crippen LogP contribution in [0.15, 0.2) is 18.3 Å². The summed E-state index contributed by atoms with van der Waals surface area (Å²) < 4.78 is 26.1. The van der Waals surface area contributed by atoms with Crippen molar-refractivity contribution in [1.82, 2.24) is 14.6 Å². The molecule has 1 saturated heterocycles. The Labute approximate surface area is 142 Å². The fourth-order valence-corrected chi connectivity index (χ4v) is 4.79. The zero-order valence-electron chi connectivity index (χ0n) is 13.9. The average Bonchev–Trinajstić information content (AvgIpc) is 3.42. The van der Waals surface area contributed by atoms with Gasteiger partial charge in [0, 0.05) is 31.9 Å². The Kier molecular flexibility index (Phi) is 5.05. The Morgan fingerprint density at radius 2 is 1.96 bits per heavy atom. The maximum atomic E-state index is 12.2. The van der Waals surface area contributed by atoms with Crippen molar-refractivity contribution >= 4 is 21.7 Å². The van der Waals surface area contributed by atoms with Crippen LogP contribution in [0.3, 0.4) is 0 Å². The molecule has 0 spiro atoms. The van der Waals surface area contributed by atoms with Gasteiger partial charge >= 0.3 is 0 Å². The Hall–Kier alpha value is -1.67. The number of nitrogens with one attached hydrogen (secondary N) is 2. The minimum Gasteiger partial charge on any atom is -0.367 e. The molecule has 2 aliphatic rings. The van der Waals surface area contributed by atoms with E-state index in [1.54, 1.807) is 22.6 Å². The van der Waals surface area contributed by atoms with Crippen LogP contribution < -0.4 is 10.6 Å². The van der Waals surface area contributed by atoms with Crippen LogP contribution in [0.1, 0.15) is 43.0 Å². The van der Waals surface area contributed by atoms with Gasteiger partial charge in [0.25, 0.3) is 5.91 Å². The summed E-state index contributed by atoms with van der Waals surface area (Å²) in [6, 6.07) is 3.74. The summed E-state index contributed by atoms with van der Waals surface area (Å²) in [5.74, 6) is 0.585. The molecule has 132 valence electrons. The summed E-state index contributed by atoms with van der Waals surface area (Å²) in [5.41, 5.74) is 0.535. The highest BCUT2D eigenvalue weighted by Crippen LogP contribution is 2.32. The number of sulfonamides is 1. The van der Waals surface area contributed by atoms with Crippen LogP contribution in [0.4, 0.5) is 5.82 Å². The first kappa shape index (κ1) is 17.2. The van der Waals surface area contributed by atoms with Crippen LogP contribution in [-0.2, 0) is 10.0 Å². The van der Waals surface area contributed by atoms with E-state index < -0.39 is 10.0 Å². The number of pyridine rings is 1. The van der Waals surface area contributed by atoms with Crippen LogP contribution >= 0.6 is 0 Å². The third-order valence-corrected chi connectivity index (χ3v) is 6.87. The van der Waals surface area contributed by atoms with Gasteiger partial charge in [0.2, 0.25) is 10.0 Å². The van der Waals surface area contributed by atoms with Crippen LogP contribution in [-0.4, -0.2) is 54.5 Å². The maximum absolute atomic E-state index is 12.2. The highest BCUT2D eigenvalue weighted by Gasteiger charge is 2.41. The molecular weight excluding hydrogens is 328 g/mol. The molecule has 1 aliphatic carbocycles. The Morgan fingerprint density at radius 1 is 1.25 bits per heavy atom. The van der Waals surface area contributed by atoms with E-state index >= 15 is 0 Å². The molecule has 0 radical (unpaired) electrons. The van der Waals surface area contributed by atoms with E-state index in [-0.39, 0.29) is 17.2 Å². The second-order valence-corrected chi connectivity index (χ2v) is 8.57. The minimum absolute atomic E-state index is 0.129. The molecule has 2 heterocycles. The third-order valence-electron chi connectivity index (χ3n) is 4.47. The van der Waals surface area contributed by atoms with Crippen molar-refractivity contribution in [3.05, 3.63) is 23.9 Å². The molecule has 0 atom stereocenters. The molecule has 3 rings (SSSR count). The zero-order chi connectivity index (χ0) is 17.2. The molecule has 24 heavy (non-hydrogen) atoms. The van der Waals surface area contributed by atoms with E-state index in [0.717, 1.165) is 25.7 Å². The number of rotatable bonds is 6. The van der Waals surface area contributed by atoms with Gasteiger partial charge < -0.3 is 10.6 Å². The maximum Gasteiger partial charge on any atom is 0.252 e. The summed E-state index contributed by atoms with van der Waals surface area (Å²) in [5, 5.41) is 5.93. The Morgan fingerprint density at radius 3 is 2.50 bits per heavy atom. The number of nitrogens with zero attached hydrogens (tertiary/aromatic N) is 2. The number of carbonyl (C=O) groups excluding carboxylic acids is 1. The van der Waals surface area contributed by atoms with Crippen LogP contribution in [0.25, 0.3) is 0 Å². The lowest BCUT2D eigenvalue weighted by atomic mass is 10.1. The minimum atomic E-state index is -3.06. The quantitative estimate of drug-likeness (QED) is 0.803. The first-order valence-corrected chi connectivity index (χ1v) is 10.0. The normalized spacial score (nSPS) is 19.9. The molecule has 8 heteroatoms. The van der Waals surface area contributed by atoms with Gasteiger partial charge in [-0.1, -0.05) is 0 Å². The van der Waals surface area contributed by atoms with Gasteiger partial charge in [0.1, 0.15) is 5.82 Å². The third kappa shape index (κ3) is 3.87. The van der Waals surface area contributed by atoms with Gasteiger partial charge in [-0.3, -0.25) is 4.79 Å². The average molecular weight is 352 g/mol. The Bertz CT molecular complexity index is 678. The van der Waals surface area contributed by atoms with E-state index in [2.05, 4.69) is 15.6 Å². The molecule has 1 aliphatic heterocycles. The first-order chi connectivity index (χ1) is 11.5. The summed E-state index contributed by atoms with van der Waals surface area (Å²) in [6.45, 7) is 3.58. The molecule has 1 saturated carbocycles. The number of amides is 1. The van der Waals surface area contributed by atoms with Crippen molar-refractivity contribution in [2.75, 3.05) is 25.0 Å². The van der Waals surface area contributed by atoms with Gasteiger partial charge in [-0.05, 0) is 44.7 Å². The topological polar surface area (TPSA) is 91.4 Å². The van der Waals surface area contributed by atoms with Crippen molar-refractivity contribution in [3.8, 4) is 0 Å². The summed E-state index contributed by atoms with van der Waals surface area (Å²) in [7, 11) is -3.06. The first-order valence-electron chi connectivity index (χ1n) is 8.50. The predicted molar refractivity (Wildman–Crippen MR) is 92.4 cm³/mol. The fourth-order valence-electron chi connectivity index (χ4n) is 2.92. The molecule has 0 aromatic carbocycles. The standard InChI is InChI=1S/C16H24N4O3S/c1-2-17-16(21)12-3-6-15(18-11-12)19-13-7-9-20(10-8-13)24(22,23)14-4-5-14/h3,6,11,13-14H,2,4-5,7-10H2,1H3,(H,17,21)(H,18,19). The molecule has 0 unspecified atom stereocenters. The molecule has 1 aromatic heterocycles. The summed E-state index contributed by atoms with van der Waals surface area (Å²) in [6.07, 6.45) is 4.71. The molecule has 7 nitrogen and oxygen atoms in total. The molecule has 1 aromatic rings. The van der Waals surface area contributed by atoms with Crippen molar-refractivity contribution in [1.29, 1.82) is 0 Å². The molecule has 2 fully saturated rings. The SMILES string of the molecule is CCNC(=O)c1ccc(NC2CCN(S(=O)(=O)C3CC3)CC2)nc1. The lowest BCUT2D eigenvalue weighted by molar-refractivity contribution is 0.0955. The number of carbonyl (C=O) groups is 1. The van der Waals surface area contributed by atoms with Crippen molar-refractivity contribution in [2.45, 2.75) is 43.9 Å². The largest absolute Gasteiger partial charge is 0.367 e. The predicted octanol–water partition coefficient (Wildman–Crippen LogP) is 1.20. The number of anilines is 1. The van der Waals surface area contributed by atoms with Crippen molar-refractivity contribution in [2.24, 2.45) is 0 Å². The number of hydrogen-bond donors (Lipinski definition) is 2. The summed E-state index contributed by atoms with van der Waals surface area (Å²) >= 11 is 0. The van der Waals surface area contributed by atoms with Crippen LogP contribution in [0.2, 0.25) is 0 Å². The van der Waals surface area contributed by atoms with Gasteiger partial charge in [-0.25, -0.2) is 17.7 Å². The van der Waals surface area contributed by atoms with E-state index in [0.29, 0.717) is 31.0 Å². The van der Waals surface area contributed by atoms with E-state index in [1.807, 2.05) is 6.92 Å². The second kappa shape index (κ2) is 7.06. The van der Waals surface area contributed by atoms with Crippen molar-refractivity contribution < 1.29 is 13.2 Å². The van der Waals surface area contributed by atoms with Crippen LogP contribution in [0.5, 0.6) is 0 Å². The highest BCUT2D eigenvalue weighted by molar-refractivity contribution is 7.90. The van der Waals surface area contributed by atoms with E-state index in [1.165, 1.54) is 0 Å².